The molecule has 1 aromatic rings. The van der Waals surface area contributed by atoms with Gasteiger partial charge in [0, 0.05) is 5.69 Å². The predicted molar refractivity (Wildman–Crippen MR) is 100 cm³/mol. The Hall–Kier alpha value is -2.50. The number of nitrogens with zero attached hydrogens (tertiary/aromatic N) is 2. The normalized spacial score (nSPS) is 25.1. The number of hydrogen-bond acceptors (Lipinski definition) is 4. The van der Waals surface area contributed by atoms with Crippen LogP contribution in [0.25, 0.3) is 0 Å². The van der Waals surface area contributed by atoms with Crippen LogP contribution in [-0.4, -0.2) is 35.4 Å². The molecule has 5 nitrogen and oxygen atoms in total. The van der Waals surface area contributed by atoms with Gasteiger partial charge >= 0.3 is 0 Å². The number of para-hydroxylation sites is 1. The molecule has 130 valence electrons. The summed E-state index contributed by atoms with van der Waals surface area (Å²) in [6, 6.07) is 9.49. The molecule has 0 saturated carbocycles. The Morgan fingerprint density at radius 2 is 2.00 bits per heavy atom. The Labute approximate surface area is 147 Å². The summed E-state index contributed by atoms with van der Waals surface area (Å²) >= 11 is 0. The van der Waals surface area contributed by atoms with Crippen LogP contribution >= 0.6 is 0 Å². The lowest BCUT2D eigenvalue weighted by atomic mass is 10.0. The summed E-state index contributed by atoms with van der Waals surface area (Å²) in [5, 5.41) is 10.2. The number of benzene rings is 1. The number of rotatable bonds is 4. The number of allylic oxidation sites excluding steroid dienone is 1. The molecule has 0 radical (unpaired) electrons. The summed E-state index contributed by atoms with van der Waals surface area (Å²) in [6.45, 7) is 4.43. The molecule has 1 aromatic carbocycles. The fourth-order valence-electron chi connectivity index (χ4n) is 3.10. The molecule has 3 N–H and O–H groups in total. The number of nitrogens with two attached hydrogens (primary N) is 1. The van der Waals surface area contributed by atoms with Crippen molar-refractivity contribution in [2.45, 2.75) is 32.4 Å². The molecule has 2 atom stereocenters. The van der Waals surface area contributed by atoms with Crippen molar-refractivity contribution in [2.24, 2.45) is 10.7 Å². The molecular weight excluding hydrogens is 314 g/mol. The Bertz CT molecular complexity index is 790. The molecule has 3 rings (SSSR count). The fraction of sp³-hybridized carbons (Fsp3) is 0.300. The summed E-state index contributed by atoms with van der Waals surface area (Å²) < 4.78 is 0. The number of aliphatic hydroxyl groups excluding tert-OH is 1. The number of hydrogen-bond donors (Lipinski definition) is 2. The zero-order chi connectivity index (χ0) is 18.0. The zero-order valence-electron chi connectivity index (χ0n) is 14.5. The van der Waals surface area contributed by atoms with E-state index in [0.29, 0.717) is 24.4 Å². The van der Waals surface area contributed by atoms with Gasteiger partial charge in [0.15, 0.2) is 0 Å². The summed E-state index contributed by atoms with van der Waals surface area (Å²) in [5.74, 6) is -0.140. The van der Waals surface area contributed by atoms with Gasteiger partial charge in [-0.3, -0.25) is 4.79 Å². The minimum atomic E-state index is -0.810. The Morgan fingerprint density at radius 1 is 1.28 bits per heavy atom. The summed E-state index contributed by atoms with van der Waals surface area (Å²) in [5.41, 5.74) is 9.24. The SMILES string of the molecule is CC1=C(N=C2C=C(CCN)C=CC2O)C(=O)N(c2ccccc2)C1C. The highest BCUT2D eigenvalue weighted by molar-refractivity contribution is 6.13. The highest BCUT2D eigenvalue weighted by Crippen LogP contribution is 2.31. The van der Waals surface area contributed by atoms with E-state index in [1.165, 1.54) is 0 Å². The van der Waals surface area contributed by atoms with Gasteiger partial charge in [-0.05, 0) is 62.2 Å². The molecule has 0 bridgehead atoms. The third-order valence-corrected chi connectivity index (χ3v) is 4.65. The van der Waals surface area contributed by atoms with Crippen LogP contribution in [-0.2, 0) is 4.79 Å². The molecule has 1 aliphatic heterocycles. The van der Waals surface area contributed by atoms with Gasteiger partial charge in [-0.2, -0.15) is 0 Å². The largest absolute Gasteiger partial charge is 0.383 e. The van der Waals surface area contributed by atoms with Gasteiger partial charge < -0.3 is 15.7 Å². The Balaban J connectivity index is 1.94. The number of carbonyl (C=O) groups excluding carboxylic acids is 1. The van der Waals surface area contributed by atoms with E-state index < -0.39 is 6.10 Å². The fourth-order valence-corrected chi connectivity index (χ4v) is 3.10. The first-order valence-corrected chi connectivity index (χ1v) is 8.47. The van der Waals surface area contributed by atoms with Gasteiger partial charge in [0.05, 0.1) is 11.8 Å². The van der Waals surface area contributed by atoms with Gasteiger partial charge in [-0.1, -0.05) is 24.3 Å². The van der Waals surface area contributed by atoms with Crippen LogP contribution in [0.15, 0.2) is 70.4 Å². The Morgan fingerprint density at radius 3 is 2.68 bits per heavy atom. The maximum atomic E-state index is 12.9. The maximum Gasteiger partial charge on any atom is 0.277 e. The first-order chi connectivity index (χ1) is 12.0. The first-order valence-electron chi connectivity index (χ1n) is 8.47. The van der Waals surface area contributed by atoms with E-state index >= 15 is 0 Å². The van der Waals surface area contributed by atoms with Crippen molar-refractivity contribution >= 4 is 17.3 Å². The van der Waals surface area contributed by atoms with Crippen LogP contribution in [0, 0.1) is 0 Å². The molecule has 1 heterocycles. The van der Waals surface area contributed by atoms with Crippen LogP contribution in [0.4, 0.5) is 5.69 Å². The predicted octanol–water partition coefficient (Wildman–Crippen LogP) is 2.34. The average Bonchev–Trinajstić information content (AvgIpc) is 2.82. The molecular formula is C20H23N3O2. The van der Waals surface area contributed by atoms with E-state index in [4.69, 9.17) is 5.73 Å². The van der Waals surface area contributed by atoms with Crippen molar-refractivity contribution in [1.29, 1.82) is 0 Å². The molecule has 0 fully saturated rings. The van der Waals surface area contributed by atoms with Crippen LogP contribution < -0.4 is 10.6 Å². The minimum absolute atomic E-state index is 0.0713. The van der Waals surface area contributed by atoms with Gasteiger partial charge in [-0.15, -0.1) is 0 Å². The van der Waals surface area contributed by atoms with E-state index in [9.17, 15) is 9.90 Å². The zero-order valence-corrected chi connectivity index (χ0v) is 14.5. The topological polar surface area (TPSA) is 78.9 Å². The van der Waals surface area contributed by atoms with E-state index in [1.54, 1.807) is 11.0 Å². The lowest BCUT2D eigenvalue weighted by Gasteiger charge is -2.22. The molecule has 1 amide bonds. The third kappa shape index (κ3) is 3.34. The molecule has 0 aromatic heterocycles. The van der Waals surface area contributed by atoms with E-state index in [-0.39, 0.29) is 11.9 Å². The molecule has 0 saturated heterocycles. The molecule has 2 unspecified atom stereocenters. The number of aliphatic hydroxyl groups is 1. The van der Waals surface area contributed by atoms with Crippen LogP contribution in [0.3, 0.4) is 0 Å². The van der Waals surface area contributed by atoms with E-state index in [2.05, 4.69) is 4.99 Å². The number of aliphatic imine (C=N–C) groups is 1. The van der Waals surface area contributed by atoms with E-state index in [0.717, 1.165) is 16.8 Å². The molecule has 0 spiro atoms. The van der Waals surface area contributed by atoms with Crippen molar-refractivity contribution in [2.75, 3.05) is 11.4 Å². The van der Waals surface area contributed by atoms with Crippen LogP contribution in [0.1, 0.15) is 20.3 Å². The van der Waals surface area contributed by atoms with Crippen molar-refractivity contribution < 1.29 is 9.90 Å². The monoisotopic (exact) mass is 337 g/mol. The first kappa shape index (κ1) is 17.3. The molecule has 5 heteroatoms. The van der Waals surface area contributed by atoms with Gasteiger partial charge in [0.25, 0.3) is 5.91 Å². The van der Waals surface area contributed by atoms with Gasteiger partial charge in [0.2, 0.25) is 0 Å². The lowest BCUT2D eigenvalue weighted by Crippen LogP contribution is -2.33. The van der Waals surface area contributed by atoms with Crippen molar-refractivity contribution in [3.63, 3.8) is 0 Å². The van der Waals surface area contributed by atoms with Gasteiger partial charge in [-0.25, -0.2) is 4.99 Å². The van der Waals surface area contributed by atoms with Crippen molar-refractivity contribution in [3.05, 3.63) is 65.4 Å². The number of anilines is 1. The molecule has 1 aliphatic carbocycles. The summed E-state index contributed by atoms with van der Waals surface area (Å²) in [7, 11) is 0. The van der Waals surface area contributed by atoms with Gasteiger partial charge in [0.1, 0.15) is 11.8 Å². The second-order valence-corrected chi connectivity index (χ2v) is 6.32. The van der Waals surface area contributed by atoms with Crippen molar-refractivity contribution in [1.82, 2.24) is 0 Å². The average molecular weight is 337 g/mol. The third-order valence-electron chi connectivity index (χ3n) is 4.65. The molecule has 2 aliphatic rings. The van der Waals surface area contributed by atoms with Crippen molar-refractivity contribution in [3.8, 4) is 0 Å². The summed E-state index contributed by atoms with van der Waals surface area (Å²) in [6.07, 6.45) is 5.25. The summed E-state index contributed by atoms with van der Waals surface area (Å²) in [4.78, 5) is 19.2. The highest BCUT2D eigenvalue weighted by atomic mass is 16.3. The van der Waals surface area contributed by atoms with Crippen LogP contribution in [0.5, 0.6) is 0 Å². The quantitative estimate of drug-likeness (QED) is 0.885. The smallest absolute Gasteiger partial charge is 0.277 e. The number of amides is 1. The molecule has 25 heavy (non-hydrogen) atoms. The second-order valence-electron chi connectivity index (χ2n) is 6.32. The second kappa shape index (κ2) is 7.17. The Kier molecular flexibility index (Phi) is 4.97. The van der Waals surface area contributed by atoms with E-state index in [1.807, 2.05) is 56.3 Å². The maximum absolute atomic E-state index is 12.9. The highest BCUT2D eigenvalue weighted by Gasteiger charge is 2.35. The minimum Gasteiger partial charge on any atom is -0.383 e. The lowest BCUT2D eigenvalue weighted by molar-refractivity contribution is -0.114. The standard InChI is InChI=1S/C20H23N3O2/c1-13-14(2)23(16-6-4-3-5-7-16)20(25)19(13)22-17-12-15(10-11-21)8-9-18(17)24/h3-9,12,14,18,24H,10-11,21H2,1-2H3. The van der Waals surface area contributed by atoms with Crippen LogP contribution in [0.2, 0.25) is 0 Å². The number of carbonyl (C=O) groups is 1.